The van der Waals surface area contributed by atoms with Crippen LogP contribution in [0.2, 0.25) is 0 Å². The number of nitrogens with zero attached hydrogens (tertiary/aromatic N) is 1. The molecule has 1 aliphatic carbocycles. The molecule has 0 saturated heterocycles. The summed E-state index contributed by atoms with van der Waals surface area (Å²) in [6.45, 7) is 7.12. The van der Waals surface area contributed by atoms with Gasteiger partial charge in [-0.2, -0.15) is 12.6 Å². The minimum atomic E-state index is 0.451. The standard InChI is InChI=1S/C12H25NS/c1-4-12(5-2,10-14)9-13(3)8-11-6-7-11/h11,14H,4-10H2,1-3H3. The van der Waals surface area contributed by atoms with Crippen molar-refractivity contribution < 1.29 is 0 Å². The second-order valence-electron chi connectivity index (χ2n) is 5.01. The summed E-state index contributed by atoms with van der Waals surface area (Å²) in [6.07, 6.45) is 5.41. The number of rotatable bonds is 7. The van der Waals surface area contributed by atoms with Crippen LogP contribution in [0.25, 0.3) is 0 Å². The first-order valence-corrected chi connectivity index (χ1v) is 6.58. The summed E-state index contributed by atoms with van der Waals surface area (Å²) in [5.74, 6) is 2.03. The number of hydrogen-bond donors (Lipinski definition) is 1. The molecule has 1 fully saturated rings. The summed E-state index contributed by atoms with van der Waals surface area (Å²) >= 11 is 4.52. The van der Waals surface area contributed by atoms with E-state index in [-0.39, 0.29) is 0 Å². The highest BCUT2D eigenvalue weighted by Crippen LogP contribution is 2.32. The van der Waals surface area contributed by atoms with E-state index < -0.39 is 0 Å². The van der Waals surface area contributed by atoms with E-state index in [1.54, 1.807) is 0 Å². The lowest BCUT2D eigenvalue weighted by atomic mass is 9.84. The van der Waals surface area contributed by atoms with E-state index in [1.165, 1.54) is 38.8 Å². The first-order valence-electron chi connectivity index (χ1n) is 5.95. The molecular formula is C12H25NS. The van der Waals surface area contributed by atoms with Gasteiger partial charge in [-0.05, 0) is 49.8 Å². The smallest absolute Gasteiger partial charge is 0.00427 e. The number of thiol groups is 1. The van der Waals surface area contributed by atoms with Crippen LogP contribution in [0.5, 0.6) is 0 Å². The van der Waals surface area contributed by atoms with Gasteiger partial charge in [0, 0.05) is 13.1 Å². The average molecular weight is 215 g/mol. The summed E-state index contributed by atoms with van der Waals surface area (Å²) in [5, 5.41) is 0. The molecule has 1 nitrogen and oxygen atoms in total. The normalized spacial score (nSPS) is 17.8. The molecule has 1 rings (SSSR count). The molecular weight excluding hydrogens is 190 g/mol. The Kier molecular flexibility index (Phi) is 4.78. The van der Waals surface area contributed by atoms with Crippen molar-refractivity contribution >= 4 is 12.6 Å². The first-order chi connectivity index (χ1) is 6.65. The lowest BCUT2D eigenvalue weighted by Crippen LogP contribution is -2.37. The van der Waals surface area contributed by atoms with Gasteiger partial charge in [-0.3, -0.25) is 0 Å². The molecule has 0 aromatic carbocycles. The topological polar surface area (TPSA) is 3.24 Å². The van der Waals surface area contributed by atoms with E-state index >= 15 is 0 Å². The molecule has 0 atom stereocenters. The van der Waals surface area contributed by atoms with Gasteiger partial charge in [0.2, 0.25) is 0 Å². The third-order valence-electron chi connectivity index (χ3n) is 3.71. The average Bonchev–Trinajstić information content (AvgIpc) is 2.98. The van der Waals surface area contributed by atoms with Crippen molar-refractivity contribution in [3.63, 3.8) is 0 Å². The summed E-state index contributed by atoms with van der Waals surface area (Å²) in [4.78, 5) is 2.51. The Morgan fingerprint density at radius 3 is 2.21 bits per heavy atom. The Bertz CT molecular complexity index is 153. The number of hydrogen-bond acceptors (Lipinski definition) is 2. The summed E-state index contributed by atoms with van der Waals surface area (Å²) in [6, 6.07) is 0. The molecule has 1 aliphatic rings. The highest BCUT2D eigenvalue weighted by Gasteiger charge is 2.29. The van der Waals surface area contributed by atoms with Crippen LogP contribution >= 0.6 is 12.6 Å². The first kappa shape index (κ1) is 12.4. The van der Waals surface area contributed by atoms with Gasteiger partial charge in [-0.25, -0.2) is 0 Å². The Labute approximate surface area is 94.7 Å². The summed E-state index contributed by atoms with van der Waals surface area (Å²) in [7, 11) is 2.27. The van der Waals surface area contributed by atoms with E-state index in [0.717, 1.165) is 11.7 Å². The molecule has 0 amide bonds. The quantitative estimate of drug-likeness (QED) is 0.639. The van der Waals surface area contributed by atoms with Crippen LogP contribution in [0.4, 0.5) is 0 Å². The van der Waals surface area contributed by atoms with Crippen molar-refractivity contribution in [2.75, 3.05) is 25.9 Å². The highest BCUT2D eigenvalue weighted by atomic mass is 32.1. The van der Waals surface area contributed by atoms with Gasteiger partial charge >= 0.3 is 0 Å². The van der Waals surface area contributed by atoms with Gasteiger partial charge in [0.05, 0.1) is 0 Å². The summed E-state index contributed by atoms with van der Waals surface area (Å²) < 4.78 is 0. The second kappa shape index (κ2) is 5.41. The SMILES string of the molecule is CCC(CC)(CS)CN(C)CC1CC1. The monoisotopic (exact) mass is 215 g/mol. The predicted octanol–water partition coefficient (Wildman–Crippen LogP) is 3.06. The fourth-order valence-corrected chi connectivity index (χ4v) is 2.67. The molecule has 0 spiro atoms. The minimum Gasteiger partial charge on any atom is -0.306 e. The van der Waals surface area contributed by atoms with Crippen LogP contribution in [-0.4, -0.2) is 30.8 Å². The van der Waals surface area contributed by atoms with Gasteiger partial charge in [0.1, 0.15) is 0 Å². The molecule has 1 saturated carbocycles. The van der Waals surface area contributed by atoms with Crippen molar-refractivity contribution in [3.8, 4) is 0 Å². The van der Waals surface area contributed by atoms with Crippen molar-refractivity contribution in [1.82, 2.24) is 4.90 Å². The highest BCUT2D eigenvalue weighted by molar-refractivity contribution is 7.80. The third-order valence-corrected chi connectivity index (χ3v) is 4.38. The lowest BCUT2D eigenvalue weighted by molar-refractivity contribution is 0.180. The summed E-state index contributed by atoms with van der Waals surface area (Å²) in [5.41, 5.74) is 0.451. The Hall–Kier alpha value is 0.310. The zero-order chi connectivity index (χ0) is 10.6. The van der Waals surface area contributed by atoms with Gasteiger partial charge in [0.25, 0.3) is 0 Å². The van der Waals surface area contributed by atoms with Crippen molar-refractivity contribution in [1.29, 1.82) is 0 Å². The van der Waals surface area contributed by atoms with Crippen LogP contribution in [0.15, 0.2) is 0 Å². The van der Waals surface area contributed by atoms with Crippen LogP contribution in [0.1, 0.15) is 39.5 Å². The Balaban J connectivity index is 2.35. The molecule has 0 radical (unpaired) electrons. The van der Waals surface area contributed by atoms with Crippen LogP contribution in [0.3, 0.4) is 0 Å². The zero-order valence-electron chi connectivity index (χ0n) is 9.92. The van der Waals surface area contributed by atoms with E-state index in [1.807, 2.05) is 0 Å². The molecule has 0 bridgehead atoms. The largest absolute Gasteiger partial charge is 0.306 e. The van der Waals surface area contributed by atoms with Crippen LogP contribution in [0, 0.1) is 11.3 Å². The van der Waals surface area contributed by atoms with Crippen molar-refractivity contribution in [2.45, 2.75) is 39.5 Å². The Morgan fingerprint density at radius 1 is 1.29 bits per heavy atom. The second-order valence-corrected chi connectivity index (χ2v) is 5.32. The Morgan fingerprint density at radius 2 is 1.86 bits per heavy atom. The zero-order valence-corrected chi connectivity index (χ0v) is 10.8. The third kappa shape index (κ3) is 3.47. The van der Waals surface area contributed by atoms with Crippen molar-refractivity contribution in [3.05, 3.63) is 0 Å². The van der Waals surface area contributed by atoms with Crippen LogP contribution < -0.4 is 0 Å². The maximum absolute atomic E-state index is 4.52. The van der Waals surface area contributed by atoms with E-state index in [9.17, 15) is 0 Å². The fraction of sp³-hybridized carbons (Fsp3) is 1.00. The maximum atomic E-state index is 4.52. The van der Waals surface area contributed by atoms with Gasteiger partial charge < -0.3 is 4.90 Å². The van der Waals surface area contributed by atoms with Gasteiger partial charge in [-0.15, -0.1) is 0 Å². The molecule has 0 aromatic rings. The predicted molar refractivity (Wildman–Crippen MR) is 67.1 cm³/mol. The van der Waals surface area contributed by atoms with Crippen LogP contribution in [-0.2, 0) is 0 Å². The molecule has 0 heterocycles. The molecule has 0 unspecified atom stereocenters. The molecule has 14 heavy (non-hydrogen) atoms. The van der Waals surface area contributed by atoms with E-state index in [0.29, 0.717) is 5.41 Å². The molecule has 0 aliphatic heterocycles. The van der Waals surface area contributed by atoms with Gasteiger partial charge in [-0.1, -0.05) is 13.8 Å². The lowest BCUT2D eigenvalue weighted by Gasteiger charge is -2.34. The van der Waals surface area contributed by atoms with Gasteiger partial charge in [0.15, 0.2) is 0 Å². The fourth-order valence-electron chi connectivity index (χ4n) is 2.13. The minimum absolute atomic E-state index is 0.451. The molecule has 84 valence electrons. The molecule has 0 N–H and O–H groups in total. The maximum Gasteiger partial charge on any atom is 0.00427 e. The molecule has 2 heteroatoms. The van der Waals surface area contributed by atoms with E-state index in [2.05, 4.69) is 38.4 Å². The molecule has 0 aromatic heterocycles. The van der Waals surface area contributed by atoms with Crippen molar-refractivity contribution in [2.24, 2.45) is 11.3 Å². The van der Waals surface area contributed by atoms with E-state index in [4.69, 9.17) is 0 Å².